The van der Waals surface area contributed by atoms with Crippen LogP contribution in [0.1, 0.15) is 0 Å². The Balaban J connectivity index is 1.62. The average molecular weight is 447 g/mol. The molecule has 29 heavy (non-hydrogen) atoms. The second-order valence-corrected chi connectivity index (χ2v) is 9.47. The molecule has 1 saturated heterocycles. The van der Waals surface area contributed by atoms with E-state index in [0.29, 0.717) is 31.0 Å². The third-order valence-electron chi connectivity index (χ3n) is 5.41. The van der Waals surface area contributed by atoms with Crippen molar-refractivity contribution in [1.29, 1.82) is 0 Å². The van der Waals surface area contributed by atoms with Gasteiger partial charge in [0.1, 0.15) is 16.7 Å². The van der Waals surface area contributed by atoms with E-state index in [2.05, 4.69) is 9.88 Å². The SMILES string of the molecule is CN(C)C1C2CN(c3cc(F)c(S(=O)(=O)Nc4cccc(F)n4)c(F)c3Cl)CC21. The zero-order valence-corrected chi connectivity index (χ0v) is 17.1. The number of halogens is 4. The van der Waals surface area contributed by atoms with Crippen molar-refractivity contribution in [1.82, 2.24) is 9.88 Å². The average Bonchev–Trinajstić information content (AvgIpc) is 3.13. The summed E-state index contributed by atoms with van der Waals surface area (Å²) < 4.78 is 69.6. The fraction of sp³-hybridized carbons (Fsp3) is 0.389. The number of nitrogens with one attached hydrogen (secondary N) is 1. The van der Waals surface area contributed by atoms with Crippen molar-refractivity contribution in [2.24, 2.45) is 11.8 Å². The molecule has 156 valence electrons. The van der Waals surface area contributed by atoms with Gasteiger partial charge in [-0.25, -0.2) is 22.2 Å². The lowest BCUT2D eigenvalue weighted by Gasteiger charge is -2.25. The molecule has 2 fully saturated rings. The second kappa shape index (κ2) is 7.03. The lowest BCUT2D eigenvalue weighted by Crippen LogP contribution is -2.31. The summed E-state index contributed by atoms with van der Waals surface area (Å²) in [6.07, 6.45) is 0. The highest BCUT2D eigenvalue weighted by Gasteiger charge is 2.57. The Hall–Kier alpha value is -2.04. The number of benzene rings is 1. The molecular weight excluding hydrogens is 429 g/mol. The van der Waals surface area contributed by atoms with E-state index in [-0.39, 0.29) is 5.69 Å². The summed E-state index contributed by atoms with van der Waals surface area (Å²) in [6.45, 7) is 1.17. The van der Waals surface area contributed by atoms with Crippen LogP contribution >= 0.6 is 11.6 Å². The minimum Gasteiger partial charge on any atom is -0.369 e. The predicted octanol–water partition coefficient (Wildman–Crippen LogP) is 2.95. The van der Waals surface area contributed by atoms with Crippen LogP contribution in [0.5, 0.6) is 0 Å². The summed E-state index contributed by atoms with van der Waals surface area (Å²) in [4.78, 5) is 5.99. The summed E-state index contributed by atoms with van der Waals surface area (Å²) in [5, 5.41) is -0.471. The number of hydrogen-bond donors (Lipinski definition) is 1. The van der Waals surface area contributed by atoms with Crippen molar-refractivity contribution in [3.8, 4) is 0 Å². The molecule has 11 heteroatoms. The summed E-state index contributed by atoms with van der Waals surface area (Å²) in [7, 11) is -0.743. The van der Waals surface area contributed by atoms with Gasteiger partial charge in [0.15, 0.2) is 10.7 Å². The third kappa shape index (κ3) is 3.53. The molecule has 0 bridgehead atoms. The predicted molar refractivity (Wildman–Crippen MR) is 103 cm³/mol. The lowest BCUT2D eigenvalue weighted by atomic mass is 10.2. The van der Waals surface area contributed by atoms with Crippen LogP contribution in [0.3, 0.4) is 0 Å². The van der Waals surface area contributed by atoms with Crippen LogP contribution in [-0.4, -0.2) is 51.5 Å². The highest BCUT2D eigenvalue weighted by molar-refractivity contribution is 7.92. The summed E-state index contributed by atoms with van der Waals surface area (Å²) in [5.74, 6) is -3.25. The maximum absolute atomic E-state index is 14.8. The number of fused-ring (bicyclic) bond motifs is 1. The number of aromatic nitrogens is 1. The molecule has 1 aromatic heterocycles. The van der Waals surface area contributed by atoms with Crippen LogP contribution in [0.4, 0.5) is 24.7 Å². The van der Waals surface area contributed by atoms with Gasteiger partial charge in [-0.2, -0.15) is 4.39 Å². The van der Waals surface area contributed by atoms with Crippen LogP contribution in [-0.2, 0) is 10.0 Å². The van der Waals surface area contributed by atoms with Crippen LogP contribution in [0.15, 0.2) is 29.2 Å². The maximum atomic E-state index is 14.8. The minimum atomic E-state index is -4.72. The van der Waals surface area contributed by atoms with Gasteiger partial charge in [0.2, 0.25) is 5.95 Å². The molecule has 1 N–H and O–H groups in total. The van der Waals surface area contributed by atoms with E-state index < -0.39 is 43.3 Å². The molecule has 0 amide bonds. The molecule has 2 aliphatic rings. The quantitative estimate of drug-likeness (QED) is 0.565. The van der Waals surface area contributed by atoms with Crippen LogP contribution < -0.4 is 9.62 Å². The van der Waals surface area contributed by atoms with Crippen molar-refractivity contribution in [2.45, 2.75) is 10.9 Å². The van der Waals surface area contributed by atoms with Crippen molar-refractivity contribution in [3.05, 3.63) is 46.9 Å². The zero-order chi connectivity index (χ0) is 21.1. The number of piperidine rings is 1. The zero-order valence-electron chi connectivity index (χ0n) is 15.5. The van der Waals surface area contributed by atoms with E-state index in [0.717, 1.165) is 18.2 Å². The first-order valence-electron chi connectivity index (χ1n) is 8.84. The molecule has 2 heterocycles. The molecule has 1 aliphatic heterocycles. The Kier molecular flexibility index (Phi) is 4.91. The van der Waals surface area contributed by atoms with Crippen LogP contribution in [0, 0.1) is 29.4 Å². The summed E-state index contributed by atoms with van der Waals surface area (Å²) >= 11 is 6.08. The van der Waals surface area contributed by atoms with E-state index in [1.807, 2.05) is 18.8 Å². The molecule has 0 radical (unpaired) electrons. The maximum Gasteiger partial charge on any atom is 0.268 e. The number of nitrogens with zero attached hydrogens (tertiary/aromatic N) is 3. The number of sulfonamides is 1. The Labute approximate surface area is 171 Å². The highest BCUT2D eigenvalue weighted by atomic mass is 35.5. The van der Waals surface area contributed by atoms with Crippen LogP contribution in [0.25, 0.3) is 0 Å². The van der Waals surface area contributed by atoms with Gasteiger partial charge in [-0.05, 0) is 38.1 Å². The van der Waals surface area contributed by atoms with Gasteiger partial charge in [0, 0.05) is 25.2 Å². The fourth-order valence-electron chi connectivity index (χ4n) is 4.15. The van der Waals surface area contributed by atoms with Crippen molar-refractivity contribution < 1.29 is 21.6 Å². The molecule has 1 saturated carbocycles. The van der Waals surface area contributed by atoms with Gasteiger partial charge >= 0.3 is 0 Å². The first-order valence-corrected chi connectivity index (χ1v) is 10.7. The summed E-state index contributed by atoms with van der Waals surface area (Å²) in [6, 6.07) is 4.73. The van der Waals surface area contributed by atoms with Gasteiger partial charge in [-0.1, -0.05) is 17.7 Å². The number of pyridine rings is 1. The molecular formula is C18H18ClF3N4O2S. The first-order chi connectivity index (χ1) is 13.6. The first kappa shape index (κ1) is 20.2. The normalized spacial score (nSPS) is 23.4. The van der Waals surface area contributed by atoms with E-state index in [4.69, 9.17) is 11.6 Å². The van der Waals surface area contributed by atoms with Crippen molar-refractivity contribution in [2.75, 3.05) is 36.8 Å². The number of anilines is 2. The molecule has 4 rings (SSSR count). The van der Waals surface area contributed by atoms with Crippen molar-refractivity contribution >= 4 is 33.1 Å². The molecule has 6 nitrogen and oxygen atoms in total. The topological polar surface area (TPSA) is 65.5 Å². The van der Waals surface area contributed by atoms with E-state index in [9.17, 15) is 21.6 Å². The van der Waals surface area contributed by atoms with Crippen molar-refractivity contribution in [3.63, 3.8) is 0 Å². The Morgan fingerprint density at radius 2 is 1.86 bits per heavy atom. The second-order valence-electron chi connectivity index (χ2n) is 7.47. The number of rotatable bonds is 5. The molecule has 0 spiro atoms. The Bertz CT molecular complexity index is 1070. The Morgan fingerprint density at radius 1 is 1.21 bits per heavy atom. The van der Waals surface area contributed by atoms with E-state index in [1.54, 1.807) is 4.90 Å². The van der Waals surface area contributed by atoms with Gasteiger partial charge in [0.25, 0.3) is 10.0 Å². The van der Waals surface area contributed by atoms with E-state index >= 15 is 0 Å². The molecule has 2 unspecified atom stereocenters. The van der Waals surface area contributed by atoms with Crippen LogP contribution in [0.2, 0.25) is 5.02 Å². The number of hydrogen-bond acceptors (Lipinski definition) is 5. The molecule has 2 aromatic rings. The monoisotopic (exact) mass is 446 g/mol. The minimum absolute atomic E-state index is 0.120. The summed E-state index contributed by atoms with van der Waals surface area (Å²) in [5.41, 5.74) is 0.120. The standard InChI is InChI=1S/C18H18ClF3N4O2S/c1-25(2)17-9-7-26(8-10(9)17)12-6-11(20)18(16(22)15(12)19)29(27,28)24-14-5-3-4-13(21)23-14/h3-6,9-10,17H,7-8H2,1-2H3,(H,23,24). The fourth-order valence-corrected chi connectivity index (χ4v) is 5.62. The van der Waals surface area contributed by atoms with Gasteiger partial charge in [-0.15, -0.1) is 0 Å². The van der Waals surface area contributed by atoms with Gasteiger partial charge < -0.3 is 9.80 Å². The smallest absolute Gasteiger partial charge is 0.268 e. The molecule has 1 aromatic carbocycles. The van der Waals surface area contributed by atoms with Gasteiger partial charge in [0.05, 0.1) is 5.69 Å². The van der Waals surface area contributed by atoms with Gasteiger partial charge in [-0.3, -0.25) is 4.72 Å². The molecule has 2 atom stereocenters. The third-order valence-corrected chi connectivity index (χ3v) is 7.15. The highest BCUT2D eigenvalue weighted by Crippen LogP contribution is 2.50. The van der Waals surface area contributed by atoms with E-state index in [1.165, 1.54) is 6.07 Å². The largest absolute Gasteiger partial charge is 0.369 e. The Morgan fingerprint density at radius 3 is 2.45 bits per heavy atom. The molecule has 1 aliphatic carbocycles. The lowest BCUT2D eigenvalue weighted by molar-refractivity contribution is 0.356.